The smallest absolute Gasteiger partial charge is 0.191 e. The minimum atomic E-state index is 0.467. The molecule has 1 aliphatic carbocycles. The van der Waals surface area contributed by atoms with Gasteiger partial charge in [0.15, 0.2) is 5.96 Å². The average molecular weight is 225 g/mol. The zero-order valence-electron chi connectivity index (χ0n) is 11.4. The molecule has 0 radical (unpaired) electrons. The van der Waals surface area contributed by atoms with Gasteiger partial charge < -0.3 is 10.6 Å². The summed E-state index contributed by atoms with van der Waals surface area (Å²) in [6.07, 6.45) is 3.94. The van der Waals surface area contributed by atoms with Gasteiger partial charge >= 0.3 is 0 Å². The third-order valence-electron chi connectivity index (χ3n) is 3.49. The lowest BCUT2D eigenvalue weighted by Gasteiger charge is -2.20. The first-order valence-electron chi connectivity index (χ1n) is 6.58. The van der Waals surface area contributed by atoms with E-state index in [0.717, 1.165) is 11.9 Å². The van der Waals surface area contributed by atoms with E-state index in [1.807, 2.05) is 7.05 Å². The Balaban J connectivity index is 2.29. The van der Waals surface area contributed by atoms with Crippen molar-refractivity contribution < 1.29 is 0 Å². The maximum absolute atomic E-state index is 4.28. The van der Waals surface area contributed by atoms with E-state index < -0.39 is 0 Å². The molecule has 94 valence electrons. The van der Waals surface area contributed by atoms with Crippen LogP contribution in [0.2, 0.25) is 0 Å². The molecule has 0 aliphatic heterocycles. The van der Waals surface area contributed by atoms with Crippen molar-refractivity contribution in [2.75, 3.05) is 7.05 Å². The molecule has 0 amide bonds. The fourth-order valence-corrected chi connectivity index (χ4v) is 1.84. The molecule has 1 saturated carbocycles. The van der Waals surface area contributed by atoms with Gasteiger partial charge in [-0.3, -0.25) is 4.99 Å². The van der Waals surface area contributed by atoms with Crippen LogP contribution in [-0.2, 0) is 0 Å². The van der Waals surface area contributed by atoms with Crippen molar-refractivity contribution in [2.45, 2.75) is 59.0 Å². The van der Waals surface area contributed by atoms with Crippen LogP contribution < -0.4 is 10.6 Å². The molecule has 0 aromatic heterocycles. The molecule has 3 nitrogen and oxygen atoms in total. The van der Waals surface area contributed by atoms with Crippen molar-refractivity contribution in [1.29, 1.82) is 0 Å². The predicted molar refractivity (Wildman–Crippen MR) is 70.7 cm³/mol. The quantitative estimate of drug-likeness (QED) is 0.557. The Morgan fingerprint density at radius 3 is 2.56 bits per heavy atom. The van der Waals surface area contributed by atoms with E-state index in [1.54, 1.807) is 0 Å². The van der Waals surface area contributed by atoms with Crippen molar-refractivity contribution in [3.05, 3.63) is 0 Å². The van der Waals surface area contributed by atoms with Crippen molar-refractivity contribution in [3.63, 3.8) is 0 Å². The summed E-state index contributed by atoms with van der Waals surface area (Å²) in [4.78, 5) is 4.28. The van der Waals surface area contributed by atoms with E-state index in [-0.39, 0.29) is 0 Å². The fraction of sp³-hybridized carbons (Fsp3) is 0.923. The molecule has 0 spiro atoms. The Kier molecular flexibility index (Phi) is 5.10. The summed E-state index contributed by atoms with van der Waals surface area (Å²) in [5.74, 6) is 2.46. The van der Waals surface area contributed by atoms with E-state index in [4.69, 9.17) is 0 Å². The Morgan fingerprint density at radius 2 is 2.06 bits per heavy atom. The summed E-state index contributed by atoms with van der Waals surface area (Å²) in [5, 5.41) is 6.94. The molecule has 2 N–H and O–H groups in total. The van der Waals surface area contributed by atoms with E-state index >= 15 is 0 Å². The molecule has 16 heavy (non-hydrogen) atoms. The summed E-state index contributed by atoms with van der Waals surface area (Å²) in [7, 11) is 1.85. The second kappa shape index (κ2) is 6.12. The first-order valence-corrected chi connectivity index (χ1v) is 6.58. The number of nitrogens with one attached hydrogen (secondary N) is 2. The van der Waals surface area contributed by atoms with Crippen molar-refractivity contribution in [1.82, 2.24) is 10.6 Å². The molecule has 0 aromatic carbocycles. The third kappa shape index (κ3) is 4.03. The van der Waals surface area contributed by atoms with Crippen LogP contribution in [0.3, 0.4) is 0 Å². The van der Waals surface area contributed by atoms with E-state index in [9.17, 15) is 0 Å². The van der Waals surface area contributed by atoms with Crippen LogP contribution in [0.15, 0.2) is 4.99 Å². The van der Waals surface area contributed by atoms with Gasteiger partial charge in [0.2, 0.25) is 0 Å². The predicted octanol–water partition coefficient (Wildman–Crippen LogP) is 2.38. The number of aliphatic imine (C=N–C) groups is 1. The van der Waals surface area contributed by atoms with Crippen molar-refractivity contribution in [2.24, 2.45) is 16.8 Å². The highest BCUT2D eigenvalue weighted by Crippen LogP contribution is 2.34. The zero-order valence-corrected chi connectivity index (χ0v) is 11.4. The molecule has 1 rings (SSSR count). The highest BCUT2D eigenvalue weighted by atomic mass is 15.2. The van der Waals surface area contributed by atoms with Crippen LogP contribution in [-0.4, -0.2) is 25.1 Å². The summed E-state index contributed by atoms with van der Waals surface area (Å²) < 4.78 is 0. The molecular weight excluding hydrogens is 198 g/mol. The molecule has 0 saturated heterocycles. The largest absolute Gasteiger partial charge is 0.354 e. The minimum Gasteiger partial charge on any atom is -0.354 e. The molecule has 3 unspecified atom stereocenters. The maximum Gasteiger partial charge on any atom is 0.191 e. The topological polar surface area (TPSA) is 36.4 Å². The molecular formula is C13H27N3. The minimum absolute atomic E-state index is 0.467. The standard InChI is InChI=1S/C13H27N3/c1-6-7-11-8-12(11)16-13(14-5)15-10(4)9(2)3/h9-12H,6-8H2,1-5H3,(H2,14,15,16). The number of hydrogen-bond donors (Lipinski definition) is 2. The Labute approximate surface area is 100 Å². The summed E-state index contributed by atoms with van der Waals surface area (Å²) >= 11 is 0. The van der Waals surface area contributed by atoms with Gasteiger partial charge in [-0.05, 0) is 31.6 Å². The molecule has 0 heterocycles. The number of guanidine groups is 1. The number of rotatable bonds is 5. The normalized spacial score (nSPS) is 26.8. The van der Waals surface area contributed by atoms with E-state index in [1.165, 1.54) is 19.3 Å². The third-order valence-corrected chi connectivity index (χ3v) is 3.49. The van der Waals surface area contributed by atoms with Crippen LogP contribution in [0.25, 0.3) is 0 Å². The number of hydrogen-bond acceptors (Lipinski definition) is 1. The van der Waals surface area contributed by atoms with Crippen molar-refractivity contribution in [3.8, 4) is 0 Å². The first-order chi connectivity index (χ1) is 7.58. The molecule has 3 heteroatoms. The van der Waals surface area contributed by atoms with Crippen molar-refractivity contribution >= 4 is 5.96 Å². The van der Waals surface area contributed by atoms with Gasteiger partial charge in [-0.1, -0.05) is 27.2 Å². The first kappa shape index (κ1) is 13.3. The molecule has 0 aromatic rings. The second-order valence-electron chi connectivity index (χ2n) is 5.28. The second-order valence-corrected chi connectivity index (χ2v) is 5.28. The SMILES string of the molecule is CCCC1CC1NC(=NC)NC(C)C(C)C. The molecule has 1 fully saturated rings. The summed E-state index contributed by atoms with van der Waals surface area (Å²) in [6.45, 7) is 8.90. The molecule has 0 bridgehead atoms. The summed E-state index contributed by atoms with van der Waals surface area (Å²) in [6, 6.07) is 1.13. The lowest BCUT2D eigenvalue weighted by molar-refractivity contribution is 0.479. The van der Waals surface area contributed by atoms with Gasteiger partial charge in [0.1, 0.15) is 0 Å². The highest BCUT2D eigenvalue weighted by molar-refractivity contribution is 5.80. The molecule has 1 aliphatic rings. The van der Waals surface area contributed by atoms with Crippen LogP contribution in [0.4, 0.5) is 0 Å². The van der Waals surface area contributed by atoms with Gasteiger partial charge in [0, 0.05) is 19.1 Å². The van der Waals surface area contributed by atoms with Gasteiger partial charge in [0.25, 0.3) is 0 Å². The zero-order chi connectivity index (χ0) is 12.1. The molecule has 3 atom stereocenters. The van der Waals surface area contributed by atoms with E-state index in [2.05, 4.69) is 43.3 Å². The Hall–Kier alpha value is -0.730. The van der Waals surface area contributed by atoms with Crippen LogP contribution in [0.1, 0.15) is 47.0 Å². The summed E-state index contributed by atoms with van der Waals surface area (Å²) in [5.41, 5.74) is 0. The number of nitrogens with zero attached hydrogens (tertiary/aromatic N) is 1. The monoisotopic (exact) mass is 225 g/mol. The lowest BCUT2D eigenvalue weighted by atomic mass is 10.1. The lowest BCUT2D eigenvalue weighted by Crippen LogP contribution is -2.45. The van der Waals surface area contributed by atoms with Gasteiger partial charge in [-0.25, -0.2) is 0 Å². The van der Waals surface area contributed by atoms with Gasteiger partial charge in [-0.2, -0.15) is 0 Å². The average Bonchev–Trinajstić information content (AvgIpc) is 2.95. The fourth-order valence-electron chi connectivity index (χ4n) is 1.84. The maximum atomic E-state index is 4.28. The van der Waals surface area contributed by atoms with Gasteiger partial charge in [-0.15, -0.1) is 0 Å². The van der Waals surface area contributed by atoms with Crippen LogP contribution in [0.5, 0.6) is 0 Å². The Bertz CT molecular complexity index is 235. The highest BCUT2D eigenvalue weighted by Gasteiger charge is 2.36. The van der Waals surface area contributed by atoms with Gasteiger partial charge in [0.05, 0.1) is 0 Å². The Morgan fingerprint density at radius 1 is 1.38 bits per heavy atom. The van der Waals surface area contributed by atoms with Crippen LogP contribution >= 0.6 is 0 Å². The van der Waals surface area contributed by atoms with Crippen LogP contribution in [0, 0.1) is 11.8 Å². The van der Waals surface area contributed by atoms with E-state index in [0.29, 0.717) is 18.0 Å².